The number of hydrogen-bond donors (Lipinski definition) is 1. The molecule has 2 aromatic carbocycles. The van der Waals surface area contributed by atoms with Gasteiger partial charge in [0.1, 0.15) is 17.3 Å². The van der Waals surface area contributed by atoms with Gasteiger partial charge in [0.05, 0.1) is 6.61 Å². The van der Waals surface area contributed by atoms with Crippen LogP contribution < -0.4 is 15.8 Å². The molecule has 1 fully saturated rings. The smallest absolute Gasteiger partial charge is 0.430 e. The summed E-state index contributed by atoms with van der Waals surface area (Å²) in [5.74, 6) is -0.664. The number of hydrogen-bond acceptors (Lipinski definition) is 7. The van der Waals surface area contributed by atoms with E-state index in [1.807, 2.05) is 36.4 Å². The van der Waals surface area contributed by atoms with Crippen molar-refractivity contribution in [2.24, 2.45) is 0 Å². The quantitative estimate of drug-likeness (QED) is 0.222. The molecule has 224 valence electrons. The monoisotopic (exact) mass is 584 g/mol. The lowest BCUT2D eigenvalue weighted by atomic mass is 10.1. The van der Waals surface area contributed by atoms with E-state index >= 15 is 0 Å². The van der Waals surface area contributed by atoms with E-state index in [1.54, 1.807) is 41.5 Å². The molecule has 0 bridgehead atoms. The van der Waals surface area contributed by atoms with E-state index < -0.39 is 49.8 Å². The highest BCUT2D eigenvalue weighted by atomic mass is 28.4. The standard InChI is InChI=1S/C31H44N2O7Si/c1-29(2,3)39-27(35)32-33(28(36)40-30(4,5)6)25-20-22(38-26(25)34)21-37-41(31(7,8)9,23-16-12-10-13-17-23)24-18-14-11-15-19-24/h10-19,22,25H,20-21H2,1-9H3,(H,32,35)/t22-,25-/m1/s1. The van der Waals surface area contributed by atoms with Crippen LogP contribution in [0.5, 0.6) is 0 Å². The number of nitrogens with one attached hydrogen (secondary N) is 1. The molecule has 0 radical (unpaired) electrons. The van der Waals surface area contributed by atoms with Crippen molar-refractivity contribution in [2.75, 3.05) is 6.61 Å². The van der Waals surface area contributed by atoms with Gasteiger partial charge in [-0.2, -0.15) is 0 Å². The molecule has 2 aromatic rings. The number of esters is 1. The average molecular weight is 585 g/mol. The van der Waals surface area contributed by atoms with Crippen molar-refractivity contribution in [1.29, 1.82) is 0 Å². The number of nitrogens with zero attached hydrogens (tertiary/aromatic N) is 1. The number of benzene rings is 2. The van der Waals surface area contributed by atoms with Gasteiger partial charge in [0, 0.05) is 6.42 Å². The molecule has 1 aliphatic rings. The second kappa shape index (κ2) is 12.2. The summed E-state index contributed by atoms with van der Waals surface area (Å²) in [6.07, 6.45) is -2.33. The summed E-state index contributed by atoms with van der Waals surface area (Å²) in [5.41, 5.74) is 0.726. The van der Waals surface area contributed by atoms with Crippen LogP contribution in [0.2, 0.25) is 5.04 Å². The summed E-state index contributed by atoms with van der Waals surface area (Å²) in [5, 5.41) is 2.80. The minimum Gasteiger partial charge on any atom is -0.458 e. The molecule has 0 aromatic heterocycles. The Morgan fingerprint density at radius 3 is 1.78 bits per heavy atom. The van der Waals surface area contributed by atoms with E-state index in [4.69, 9.17) is 18.6 Å². The highest BCUT2D eigenvalue weighted by Crippen LogP contribution is 2.37. The lowest BCUT2D eigenvalue weighted by Crippen LogP contribution is -2.67. The normalized spacial score (nSPS) is 17.9. The van der Waals surface area contributed by atoms with Gasteiger partial charge in [-0.25, -0.2) is 24.8 Å². The second-order valence-electron chi connectivity index (χ2n) is 13.2. The third kappa shape index (κ3) is 8.10. The molecule has 1 aliphatic heterocycles. The molecule has 2 atom stereocenters. The molecule has 0 saturated carbocycles. The molecule has 0 aliphatic carbocycles. The van der Waals surface area contributed by atoms with E-state index in [-0.39, 0.29) is 18.1 Å². The minimum absolute atomic E-state index is 0.103. The van der Waals surface area contributed by atoms with Gasteiger partial charge in [0.25, 0.3) is 8.32 Å². The maximum Gasteiger partial charge on any atom is 0.430 e. The Balaban J connectivity index is 1.89. The molecule has 0 unspecified atom stereocenters. The fraction of sp³-hybridized carbons (Fsp3) is 0.516. The van der Waals surface area contributed by atoms with Crippen molar-refractivity contribution in [3.63, 3.8) is 0 Å². The summed E-state index contributed by atoms with van der Waals surface area (Å²) < 4.78 is 23.5. The highest BCUT2D eigenvalue weighted by Gasteiger charge is 2.52. The van der Waals surface area contributed by atoms with E-state index in [1.165, 1.54) is 0 Å². The number of amides is 2. The Morgan fingerprint density at radius 2 is 1.34 bits per heavy atom. The van der Waals surface area contributed by atoms with Gasteiger partial charge in [0.2, 0.25) is 0 Å². The van der Waals surface area contributed by atoms with Gasteiger partial charge in [-0.15, -0.1) is 0 Å². The molecule has 9 nitrogen and oxygen atoms in total. The summed E-state index contributed by atoms with van der Waals surface area (Å²) in [7, 11) is -2.88. The van der Waals surface area contributed by atoms with Gasteiger partial charge in [-0.05, 0) is 57.0 Å². The summed E-state index contributed by atoms with van der Waals surface area (Å²) >= 11 is 0. The maximum absolute atomic E-state index is 13.1. The van der Waals surface area contributed by atoms with Crippen molar-refractivity contribution in [1.82, 2.24) is 10.4 Å². The Kier molecular flexibility index (Phi) is 9.60. The van der Waals surface area contributed by atoms with E-state index in [0.717, 1.165) is 15.4 Å². The largest absolute Gasteiger partial charge is 0.458 e. The number of ether oxygens (including phenoxy) is 3. The molecule has 10 heteroatoms. The Morgan fingerprint density at radius 1 is 0.854 bits per heavy atom. The van der Waals surface area contributed by atoms with Crippen molar-refractivity contribution in [3.05, 3.63) is 60.7 Å². The zero-order valence-corrected chi connectivity index (χ0v) is 26.6. The maximum atomic E-state index is 13.1. The zero-order valence-electron chi connectivity index (χ0n) is 25.6. The molecule has 1 N–H and O–H groups in total. The lowest BCUT2D eigenvalue weighted by Gasteiger charge is -2.43. The number of carbonyl (C=O) groups is 3. The summed E-state index contributed by atoms with van der Waals surface area (Å²) in [6, 6.07) is 19.2. The van der Waals surface area contributed by atoms with Crippen molar-refractivity contribution in [3.8, 4) is 0 Å². The molecular weight excluding hydrogens is 540 g/mol. The van der Waals surface area contributed by atoms with Gasteiger partial charge in [-0.3, -0.25) is 0 Å². The molecule has 1 heterocycles. The summed E-state index contributed by atoms with van der Waals surface area (Å²) in [6.45, 7) is 16.8. The predicted molar refractivity (Wildman–Crippen MR) is 159 cm³/mol. The van der Waals surface area contributed by atoms with Crippen LogP contribution in [0.1, 0.15) is 68.7 Å². The molecule has 1 saturated heterocycles. The lowest BCUT2D eigenvalue weighted by molar-refractivity contribution is -0.146. The first kappa shape index (κ1) is 32.1. The summed E-state index contributed by atoms with van der Waals surface area (Å²) in [4.78, 5) is 38.8. The fourth-order valence-corrected chi connectivity index (χ4v) is 9.48. The number of cyclic esters (lactones) is 1. The molecule has 41 heavy (non-hydrogen) atoms. The third-order valence-corrected chi connectivity index (χ3v) is 11.5. The van der Waals surface area contributed by atoms with Crippen LogP contribution in [-0.4, -0.2) is 61.4 Å². The van der Waals surface area contributed by atoms with Gasteiger partial charge in [-0.1, -0.05) is 81.4 Å². The Labute approximate surface area is 244 Å². The molecule has 2 amide bonds. The number of carbonyl (C=O) groups excluding carboxylic acids is 3. The average Bonchev–Trinajstić information content (AvgIpc) is 3.21. The van der Waals surface area contributed by atoms with E-state index in [2.05, 4.69) is 50.5 Å². The minimum atomic E-state index is -2.88. The van der Waals surface area contributed by atoms with Crippen LogP contribution in [0.3, 0.4) is 0 Å². The van der Waals surface area contributed by atoms with Crippen molar-refractivity contribution < 1.29 is 33.0 Å². The van der Waals surface area contributed by atoms with Gasteiger partial charge < -0.3 is 18.6 Å². The van der Waals surface area contributed by atoms with Crippen LogP contribution in [0.15, 0.2) is 60.7 Å². The Hall–Kier alpha value is -3.37. The zero-order chi connectivity index (χ0) is 30.6. The molecular formula is C31H44N2O7Si. The van der Waals surface area contributed by atoms with Gasteiger partial charge >= 0.3 is 18.2 Å². The number of hydrazine groups is 1. The molecule has 0 spiro atoms. The third-order valence-electron chi connectivity index (χ3n) is 6.46. The van der Waals surface area contributed by atoms with Crippen LogP contribution in [0.4, 0.5) is 9.59 Å². The molecule has 3 rings (SSSR count). The first-order valence-electron chi connectivity index (χ1n) is 13.9. The highest BCUT2D eigenvalue weighted by molar-refractivity contribution is 6.99. The first-order valence-corrected chi connectivity index (χ1v) is 15.8. The van der Waals surface area contributed by atoms with Crippen LogP contribution in [-0.2, 0) is 23.4 Å². The van der Waals surface area contributed by atoms with E-state index in [0.29, 0.717) is 0 Å². The fourth-order valence-electron chi connectivity index (χ4n) is 4.89. The second-order valence-corrected chi connectivity index (χ2v) is 17.6. The van der Waals surface area contributed by atoms with Crippen LogP contribution >= 0.6 is 0 Å². The predicted octanol–water partition coefficient (Wildman–Crippen LogP) is 4.92. The van der Waals surface area contributed by atoms with Crippen LogP contribution in [0, 0.1) is 0 Å². The van der Waals surface area contributed by atoms with E-state index in [9.17, 15) is 14.4 Å². The topological polar surface area (TPSA) is 103 Å². The van der Waals surface area contributed by atoms with Crippen molar-refractivity contribution >= 4 is 36.8 Å². The van der Waals surface area contributed by atoms with Gasteiger partial charge in [0.15, 0.2) is 6.04 Å². The number of rotatable bonds is 6. The van der Waals surface area contributed by atoms with Crippen molar-refractivity contribution in [2.45, 2.75) is 97.1 Å². The SMILES string of the molecule is CC(C)(C)OC(=O)NN(C(=O)OC(C)(C)C)[C@@H]1C[C@H](CO[Si](c2ccccc2)(c2ccccc2)C(C)(C)C)OC1=O. The Bertz CT molecular complexity index is 1160. The van der Waals surface area contributed by atoms with Crippen LogP contribution in [0.25, 0.3) is 0 Å². The first-order chi connectivity index (χ1) is 18.9.